The smallest absolute Gasteiger partial charge is 0.310 e. The van der Waals surface area contributed by atoms with Crippen molar-refractivity contribution < 1.29 is 28.5 Å². The van der Waals surface area contributed by atoms with Crippen molar-refractivity contribution in [2.45, 2.75) is 6.42 Å². The van der Waals surface area contributed by atoms with E-state index < -0.39 is 0 Å². The molecule has 27 heavy (non-hydrogen) atoms. The summed E-state index contributed by atoms with van der Waals surface area (Å²) in [6.45, 7) is 0.377. The second-order valence-corrected chi connectivity index (χ2v) is 6.24. The van der Waals surface area contributed by atoms with Gasteiger partial charge in [0.1, 0.15) is 0 Å². The van der Waals surface area contributed by atoms with Gasteiger partial charge < -0.3 is 23.7 Å². The van der Waals surface area contributed by atoms with Crippen molar-refractivity contribution in [1.29, 1.82) is 0 Å². The first-order valence-electron chi connectivity index (χ1n) is 8.40. The van der Waals surface area contributed by atoms with Crippen molar-refractivity contribution in [2.75, 3.05) is 20.7 Å². The molecular formula is C20H15NO6. The van der Waals surface area contributed by atoms with Crippen LogP contribution in [-0.4, -0.2) is 31.6 Å². The van der Waals surface area contributed by atoms with E-state index >= 15 is 0 Å². The van der Waals surface area contributed by atoms with Gasteiger partial charge in [0, 0.05) is 17.1 Å². The molecule has 136 valence electrons. The van der Waals surface area contributed by atoms with Gasteiger partial charge >= 0.3 is 5.97 Å². The molecule has 2 aromatic carbocycles. The molecule has 7 nitrogen and oxygen atoms in total. The molecule has 0 aliphatic carbocycles. The first kappa shape index (κ1) is 15.7. The van der Waals surface area contributed by atoms with E-state index in [0.717, 1.165) is 27.6 Å². The van der Waals surface area contributed by atoms with Crippen LogP contribution in [0.5, 0.6) is 23.0 Å². The van der Waals surface area contributed by atoms with E-state index in [1.807, 2.05) is 24.3 Å². The molecule has 0 atom stereocenters. The van der Waals surface area contributed by atoms with Gasteiger partial charge in [-0.25, -0.2) is 0 Å². The third kappa shape index (κ3) is 2.68. The number of rotatable bonds is 3. The van der Waals surface area contributed by atoms with Gasteiger partial charge in [0.25, 0.3) is 0 Å². The minimum absolute atomic E-state index is 0.114. The van der Waals surface area contributed by atoms with Crippen molar-refractivity contribution in [2.24, 2.45) is 0 Å². The van der Waals surface area contributed by atoms with Crippen LogP contribution < -0.4 is 18.9 Å². The number of hydrogen-bond donors (Lipinski definition) is 0. The lowest BCUT2D eigenvalue weighted by Gasteiger charge is -2.11. The Morgan fingerprint density at radius 3 is 2.26 bits per heavy atom. The highest BCUT2D eigenvalue weighted by Crippen LogP contribution is 2.40. The molecule has 0 bridgehead atoms. The van der Waals surface area contributed by atoms with Gasteiger partial charge in [-0.2, -0.15) is 0 Å². The highest BCUT2D eigenvalue weighted by Gasteiger charge is 2.21. The standard InChI is InChI=1S/C20H15NO6/c1-23-20(22)6-12-4-17-19(27-10-25-17)7-14(12)15-2-11-3-16-18(26-9-24-16)5-13(11)8-21-15/h2-5,7-8H,6,9-10H2,1H3. The van der Waals surface area contributed by atoms with Crippen molar-refractivity contribution in [3.05, 3.63) is 42.1 Å². The summed E-state index contributed by atoms with van der Waals surface area (Å²) in [7, 11) is 1.37. The Morgan fingerprint density at radius 2 is 1.56 bits per heavy atom. The van der Waals surface area contributed by atoms with Crippen molar-refractivity contribution >= 4 is 16.7 Å². The minimum atomic E-state index is -0.334. The number of carbonyl (C=O) groups excluding carboxylic acids is 1. The van der Waals surface area contributed by atoms with Gasteiger partial charge in [-0.3, -0.25) is 9.78 Å². The van der Waals surface area contributed by atoms with Crippen molar-refractivity contribution in [3.63, 3.8) is 0 Å². The molecule has 0 unspecified atom stereocenters. The number of carbonyl (C=O) groups is 1. The zero-order chi connectivity index (χ0) is 18.4. The first-order valence-corrected chi connectivity index (χ1v) is 8.40. The number of fused-ring (bicyclic) bond motifs is 3. The Kier molecular flexibility index (Phi) is 3.53. The van der Waals surface area contributed by atoms with E-state index in [9.17, 15) is 4.79 Å². The third-order valence-electron chi connectivity index (χ3n) is 4.65. The number of benzene rings is 2. The normalized spacial score (nSPS) is 13.8. The highest BCUT2D eigenvalue weighted by molar-refractivity contribution is 5.89. The molecule has 2 aliphatic heterocycles. The van der Waals surface area contributed by atoms with Gasteiger partial charge in [-0.05, 0) is 41.3 Å². The maximum atomic E-state index is 11.9. The lowest BCUT2D eigenvalue weighted by atomic mass is 9.99. The van der Waals surface area contributed by atoms with Crippen LogP contribution in [-0.2, 0) is 16.0 Å². The van der Waals surface area contributed by atoms with E-state index in [-0.39, 0.29) is 26.0 Å². The largest absolute Gasteiger partial charge is 0.469 e. The molecule has 0 N–H and O–H groups in total. The summed E-state index contributed by atoms with van der Waals surface area (Å²) in [6.07, 6.45) is 1.89. The highest BCUT2D eigenvalue weighted by atomic mass is 16.7. The summed E-state index contributed by atoms with van der Waals surface area (Å²) >= 11 is 0. The molecule has 0 amide bonds. The summed E-state index contributed by atoms with van der Waals surface area (Å²) in [5, 5.41) is 1.91. The Labute approximate surface area is 154 Å². The number of nitrogens with zero attached hydrogens (tertiary/aromatic N) is 1. The van der Waals surface area contributed by atoms with E-state index in [0.29, 0.717) is 23.0 Å². The average Bonchev–Trinajstić information content (AvgIpc) is 3.33. The Bertz CT molecular complexity index is 1080. The van der Waals surface area contributed by atoms with Crippen LogP contribution in [0, 0.1) is 0 Å². The molecule has 2 aliphatic rings. The van der Waals surface area contributed by atoms with Crippen LogP contribution in [0.1, 0.15) is 5.56 Å². The lowest BCUT2D eigenvalue weighted by molar-refractivity contribution is -0.139. The number of aromatic nitrogens is 1. The van der Waals surface area contributed by atoms with E-state index in [1.54, 1.807) is 12.3 Å². The molecule has 3 heterocycles. The molecule has 1 aromatic heterocycles. The van der Waals surface area contributed by atoms with E-state index in [4.69, 9.17) is 23.7 Å². The second-order valence-electron chi connectivity index (χ2n) is 6.24. The van der Waals surface area contributed by atoms with Gasteiger partial charge in [-0.15, -0.1) is 0 Å². The van der Waals surface area contributed by atoms with Crippen molar-refractivity contribution in [3.8, 4) is 34.3 Å². The van der Waals surface area contributed by atoms with Gasteiger partial charge in [-0.1, -0.05) is 0 Å². The zero-order valence-electron chi connectivity index (χ0n) is 14.5. The fourth-order valence-corrected chi connectivity index (χ4v) is 3.28. The van der Waals surface area contributed by atoms with Crippen LogP contribution >= 0.6 is 0 Å². The molecule has 3 aromatic rings. The van der Waals surface area contributed by atoms with Crippen LogP contribution in [0.2, 0.25) is 0 Å². The number of pyridine rings is 1. The predicted octanol–water partition coefficient (Wildman–Crippen LogP) is 3.07. The van der Waals surface area contributed by atoms with Crippen molar-refractivity contribution in [1.82, 2.24) is 4.98 Å². The molecule has 5 rings (SSSR count). The van der Waals surface area contributed by atoms with E-state index in [2.05, 4.69) is 4.98 Å². The summed E-state index contributed by atoms with van der Waals surface area (Å²) < 4.78 is 26.6. The number of esters is 1. The maximum absolute atomic E-state index is 11.9. The monoisotopic (exact) mass is 365 g/mol. The fraction of sp³-hybridized carbons (Fsp3) is 0.200. The lowest BCUT2D eigenvalue weighted by Crippen LogP contribution is -2.06. The summed E-state index contributed by atoms with van der Waals surface area (Å²) in [5.41, 5.74) is 2.28. The Balaban J connectivity index is 1.64. The Morgan fingerprint density at radius 1 is 0.926 bits per heavy atom. The van der Waals surface area contributed by atoms with Crippen LogP contribution in [0.15, 0.2) is 36.5 Å². The first-order chi connectivity index (χ1) is 13.2. The summed E-state index contributed by atoms with van der Waals surface area (Å²) in [5.74, 6) is 2.33. The Hall–Kier alpha value is -3.48. The predicted molar refractivity (Wildman–Crippen MR) is 95.1 cm³/mol. The molecule has 0 saturated carbocycles. The maximum Gasteiger partial charge on any atom is 0.310 e. The number of hydrogen-bond acceptors (Lipinski definition) is 7. The van der Waals surface area contributed by atoms with E-state index in [1.165, 1.54) is 7.11 Å². The molecule has 0 fully saturated rings. The number of methoxy groups -OCH3 is 1. The number of ether oxygens (including phenoxy) is 5. The van der Waals surface area contributed by atoms with Crippen LogP contribution in [0.3, 0.4) is 0 Å². The second kappa shape index (κ2) is 6.05. The van der Waals surface area contributed by atoms with Gasteiger partial charge in [0.05, 0.1) is 19.2 Å². The zero-order valence-corrected chi connectivity index (χ0v) is 14.5. The van der Waals surface area contributed by atoms with Crippen LogP contribution in [0.4, 0.5) is 0 Å². The summed E-state index contributed by atoms with van der Waals surface area (Å²) in [6, 6.07) is 9.44. The topological polar surface area (TPSA) is 76.1 Å². The third-order valence-corrected chi connectivity index (χ3v) is 4.65. The van der Waals surface area contributed by atoms with Gasteiger partial charge in [0.15, 0.2) is 23.0 Å². The molecule has 0 saturated heterocycles. The minimum Gasteiger partial charge on any atom is -0.469 e. The molecular weight excluding hydrogens is 350 g/mol. The van der Waals surface area contributed by atoms with Crippen LogP contribution in [0.25, 0.3) is 22.0 Å². The quantitative estimate of drug-likeness (QED) is 0.660. The fourth-order valence-electron chi connectivity index (χ4n) is 3.28. The molecule has 7 heteroatoms. The van der Waals surface area contributed by atoms with Gasteiger partial charge in [0.2, 0.25) is 13.6 Å². The SMILES string of the molecule is COC(=O)Cc1cc2c(cc1-c1cc3cc4c(cc3cn1)OCO4)OCO2. The summed E-state index contributed by atoms with van der Waals surface area (Å²) in [4.78, 5) is 16.4. The molecule has 0 radical (unpaired) electrons. The molecule has 0 spiro atoms. The average molecular weight is 365 g/mol.